The van der Waals surface area contributed by atoms with Crippen molar-refractivity contribution in [1.82, 2.24) is 14.7 Å². The lowest BCUT2D eigenvalue weighted by molar-refractivity contribution is 0.221. The van der Waals surface area contributed by atoms with Crippen molar-refractivity contribution in [2.24, 2.45) is 12.8 Å². The number of aliphatic hydroxyl groups is 1. The van der Waals surface area contributed by atoms with E-state index in [9.17, 15) is 5.11 Å². The van der Waals surface area contributed by atoms with Crippen LogP contribution in [0.25, 0.3) is 10.9 Å². The third kappa shape index (κ3) is 2.95. The van der Waals surface area contributed by atoms with Crippen LogP contribution >= 0.6 is 0 Å². The van der Waals surface area contributed by atoms with Gasteiger partial charge in [-0.15, -0.1) is 0 Å². The van der Waals surface area contributed by atoms with Gasteiger partial charge in [0.1, 0.15) is 0 Å². The van der Waals surface area contributed by atoms with Gasteiger partial charge in [-0.2, -0.15) is 5.10 Å². The van der Waals surface area contributed by atoms with Crippen LogP contribution in [0.15, 0.2) is 24.4 Å². The number of aromatic nitrogens is 2. The molecule has 1 aromatic carbocycles. The molecule has 0 amide bonds. The standard InChI is InChI=1S/C16H24N4O/c1-19-16-8-12(4-5-13(16)9-18-19)14(11-21)15(17)10-20-6-2-3-7-20/h4-5,8-9,14-15,21H,2-3,6-7,10-11,17H2,1H3/t14?,15-/m1/s1. The van der Waals surface area contributed by atoms with Crippen molar-refractivity contribution in [3.05, 3.63) is 30.0 Å². The maximum absolute atomic E-state index is 9.79. The average Bonchev–Trinajstić information content (AvgIpc) is 3.10. The normalized spacial score (nSPS) is 19.2. The van der Waals surface area contributed by atoms with Crippen LogP contribution in [0.1, 0.15) is 24.3 Å². The van der Waals surface area contributed by atoms with Gasteiger partial charge in [0.15, 0.2) is 0 Å². The lowest BCUT2D eigenvalue weighted by Gasteiger charge is -2.27. The van der Waals surface area contributed by atoms with Crippen LogP contribution in [0.2, 0.25) is 0 Å². The number of hydrogen-bond acceptors (Lipinski definition) is 4. The Balaban J connectivity index is 1.80. The Kier molecular flexibility index (Phi) is 4.24. The Morgan fingerprint density at radius 3 is 2.81 bits per heavy atom. The molecule has 0 aliphatic carbocycles. The quantitative estimate of drug-likeness (QED) is 0.864. The first-order valence-corrected chi connectivity index (χ1v) is 7.69. The molecule has 1 saturated heterocycles. The van der Waals surface area contributed by atoms with E-state index in [1.54, 1.807) is 0 Å². The van der Waals surface area contributed by atoms with Crippen molar-refractivity contribution < 1.29 is 5.11 Å². The molecule has 0 bridgehead atoms. The van der Waals surface area contributed by atoms with Crippen molar-refractivity contribution >= 4 is 10.9 Å². The Hall–Kier alpha value is -1.43. The Morgan fingerprint density at radius 1 is 1.33 bits per heavy atom. The summed E-state index contributed by atoms with van der Waals surface area (Å²) in [5.74, 6) is -0.0232. The second-order valence-electron chi connectivity index (χ2n) is 6.05. The van der Waals surface area contributed by atoms with E-state index in [-0.39, 0.29) is 18.6 Å². The summed E-state index contributed by atoms with van der Waals surface area (Å²) in [6.45, 7) is 3.20. The maximum atomic E-state index is 9.79. The van der Waals surface area contributed by atoms with Crippen molar-refractivity contribution in [1.29, 1.82) is 0 Å². The van der Waals surface area contributed by atoms with Gasteiger partial charge in [0.05, 0.1) is 18.3 Å². The number of nitrogens with zero attached hydrogens (tertiary/aromatic N) is 3. The van der Waals surface area contributed by atoms with E-state index in [2.05, 4.69) is 28.2 Å². The third-order valence-electron chi connectivity index (χ3n) is 4.58. The Bertz CT molecular complexity index is 603. The molecule has 1 aliphatic rings. The second kappa shape index (κ2) is 6.13. The minimum atomic E-state index is -0.0428. The fourth-order valence-electron chi connectivity index (χ4n) is 3.27. The molecule has 5 nitrogen and oxygen atoms in total. The summed E-state index contributed by atoms with van der Waals surface area (Å²) in [6, 6.07) is 6.18. The molecule has 0 saturated carbocycles. The van der Waals surface area contributed by atoms with Crippen LogP contribution in [0.5, 0.6) is 0 Å². The van der Waals surface area contributed by atoms with Crippen LogP contribution in [0, 0.1) is 0 Å². The zero-order valence-electron chi connectivity index (χ0n) is 12.6. The van der Waals surface area contributed by atoms with Gasteiger partial charge < -0.3 is 15.7 Å². The first kappa shape index (κ1) is 14.5. The van der Waals surface area contributed by atoms with Gasteiger partial charge in [0.2, 0.25) is 0 Å². The highest BCUT2D eigenvalue weighted by molar-refractivity contribution is 5.79. The van der Waals surface area contributed by atoms with Gasteiger partial charge in [0, 0.05) is 30.9 Å². The zero-order chi connectivity index (χ0) is 14.8. The van der Waals surface area contributed by atoms with Crippen molar-refractivity contribution in [2.45, 2.75) is 24.8 Å². The molecular weight excluding hydrogens is 264 g/mol. The van der Waals surface area contributed by atoms with Crippen molar-refractivity contribution in [3.8, 4) is 0 Å². The van der Waals surface area contributed by atoms with Crippen LogP contribution in [-0.2, 0) is 7.05 Å². The number of aliphatic hydroxyl groups excluding tert-OH is 1. The highest BCUT2D eigenvalue weighted by atomic mass is 16.3. The minimum absolute atomic E-state index is 0.0232. The third-order valence-corrected chi connectivity index (χ3v) is 4.58. The molecule has 5 heteroatoms. The van der Waals surface area contributed by atoms with E-state index in [0.717, 1.165) is 36.1 Å². The lowest BCUT2D eigenvalue weighted by Crippen LogP contribution is -2.41. The Labute approximate surface area is 125 Å². The first-order chi connectivity index (χ1) is 10.2. The predicted octanol–water partition coefficient (Wildman–Crippen LogP) is 1.07. The van der Waals surface area contributed by atoms with E-state index in [0.29, 0.717) is 0 Å². The molecule has 0 spiro atoms. The van der Waals surface area contributed by atoms with E-state index in [4.69, 9.17) is 5.73 Å². The summed E-state index contributed by atoms with van der Waals surface area (Å²) in [5.41, 5.74) is 8.55. The second-order valence-corrected chi connectivity index (χ2v) is 6.05. The lowest BCUT2D eigenvalue weighted by atomic mass is 9.91. The van der Waals surface area contributed by atoms with Gasteiger partial charge in [-0.1, -0.05) is 12.1 Å². The Morgan fingerprint density at radius 2 is 2.10 bits per heavy atom. The number of benzene rings is 1. The molecule has 3 N–H and O–H groups in total. The van der Waals surface area contributed by atoms with Crippen LogP contribution in [0.4, 0.5) is 0 Å². The van der Waals surface area contributed by atoms with E-state index >= 15 is 0 Å². The summed E-state index contributed by atoms with van der Waals surface area (Å²) in [6.07, 6.45) is 4.38. The molecule has 2 heterocycles. The highest BCUT2D eigenvalue weighted by Gasteiger charge is 2.23. The monoisotopic (exact) mass is 288 g/mol. The topological polar surface area (TPSA) is 67.3 Å². The largest absolute Gasteiger partial charge is 0.396 e. The fraction of sp³-hybridized carbons (Fsp3) is 0.562. The number of nitrogens with two attached hydrogens (primary N) is 1. The van der Waals surface area contributed by atoms with Gasteiger partial charge in [0.25, 0.3) is 0 Å². The molecule has 1 aromatic heterocycles. The fourth-order valence-corrected chi connectivity index (χ4v) is 3.27. The van der Waals surface area contributed by atoms with Crippen LogP contribution in [0.3, 0.4) is 0 Å². The smallest absolute Gasteiger partial charge is 0.0681 e. The van der Waals surface area contributed by atoms with Crippen LogP contribution in [-0.4, -0.2) is 52.1 Å². The molecule has 2 atom stereocenters. The number of likely N-dealkylation sites (tertiary alicyclic amines) is 1. The number of fused-ring (bicyclic) bond motifs is 1. The maximum Gasteiger partial charge on any atom is 0.0681 e. The van der Waals surface area contributed by atoms with Gasteiger partial charge >= 0.3 is 0 Å². The molecule has 0 radical (unpaired) electrons. The van der Waals surface area contributed by atoms with Gasteiger partial charge in [-0.25, -0.2) is 0 Å². The van der Waals surface area contributed by atoms with E-state index < -0.39 is 0 Å². The zero-order valence-corrected chi connectivity index (χ0v) is 12.6. The summed E-state index contributed by atoms with van der Waals surface area (Å²) >= 11 is 0. The van der Waals surface area contributed by atoms with Crippen molar-refractivity contribution in [3.63, 3.8) is 0 Å². The number of rotatable bonds is 5. The molecule has 21 heavy (non-hydrogen) atoms. The van der Waals surface area contributed by atoms with Gasteiger partial charge in [-0.05, 0) is 37.6 Å². The van der Waals surface area contributed by atoms with Crippen molar-refractivity contribution in [2.75, 3.05) is 26.2 Å². The van der Waals surface area contributed by atoms with E-state index in [1.807, 2.05) is 17.9 Å². The number of hydrogen-bond donors (Lipinski definition) is 2. The molecule has 3 rings (SSSR count). The molecule has 1 aliphatic heterocycles. The predicted molar refractivity (Wildman–Crippen MR) is 84.2 cm³/mol. The van der Waals surface area contributed by atoms with E-state index in [1.165, 1.54) is 12.8 Å². The molecule has 1 unspecified atom stereocenters. The highest BCUT2D eigenvalue weighted by Crippen LogP contribution is 2.24. The summed E-state index contributed by atoms with van der Waals surface area (Å²) in [7, 11) is 1.93. The molecular formula is C16H24N4O. The first-order valence-electron chi connectivity index (χ1n) is 7.69. The average molecular weight is 288 g/mol. The molecule has 114 valence electrons. The summed E-state index contributed by atoms with van der Waals surface area (Å²) in [5, 5.41) is 15.2. The SMILES string of the molecule is Cn1ncc2ccc(C(CO)[C@H](N)CN3CCCC3)cc21. The van der Waals surface area contributed by atoms with Crippen LogP contribution < -0.4 is 5.73 Å². The minimum Gasteiger partial charge on any atom is -0.396 e. The molecule has 2 aromatic rings. The summed E-state index contributed by atoms with van der Waals surface area (Å²) < 4.78 is 1.86. The summed E-state index contributed by atoms with van der Waals surface area (Å²) in [4.78, 5) is 2.40. The number of aryl methyl sites for hydroxylation is 1. The molecule has 1 fully saturated rings. The van der Waals surface area contributed by atoms with Gasteiger partial charge in [-0.3, -0.25) is 4.68 Å².